The molecule has 1 aromatic carbocycles. The second-order valence-corrected chi connectivity index (χ2v) is 4.17. The van der Waals surface area contributed by atoms with Gasteiger partial charge in [0.1, 0.15) is 5.82 Å². The number of hydrogen-bond acceptors (Lipinski definition) is 1. The van der Waals surface area contributed by atoms with E-state index in [0.29, 0.717) is 11.4 Å². The summed E-state index contributed by atoms with van der Waals surface area (Å²) in [6.07, 6.45) is 2.15. The number of aromatic nitrogens is 1. The van der Waals surface area contributed by atoms with Crippen LogP contribution in [0.3, 0.4) is 0 Å². The summed E-state index contributed by atoms with van der Waals surface area (Å²) in [4.78, 5) is 4.14. The van der Waals surface area contributed by atoms with Gasteiger partial charge in [0.15, 0.2) is 0 Å². The van der Waals surface area contributed by atoms with Crippen molar-refractivity contribution < 1.29 is 4.39 Å². The van der Waals surface area contributed by atoms with E-state index < -0.39 is 5.82 Å². The molecule has 4 heteroatoms. The number of benzene rings is 1. The Morgan fingerprint density at radius 3 is 2.62 bits per heavy atom. The second-order valence-electron chi connectivity index (χ2n) is 3.36. The minimum atomic E-state index is -0.425. The summed E-state index contributed by atoms with van der Waals surface area (Å²) in [6.45, 7) is 0. The lowest BCUT2D eigenvalue weighted by molar-refractivity contribution is 0.626. The van der Waals surface area contributed by atoms with Crippen molar-refractivity contribution in [1.82, 2.24) is 4.98 Å². The Balaban J connectivity index is 2.28. The quantitative estimate of drug-likeness (QED) is 0.787. The van der Waals surface area contributed by atoms with Crippen molar-refractivity contribution in [2.75, 3.05) is 0 Å². The third-order valence-corrected chi connectivity index (χ3v) is 2.84. The molecule has 0 bridgehead atoms. The van der Waals surface area contributed by atoms with Gasteiger partial charge in [0.2, 0.25) is 0 Å². The predicted molar refractivity (Wildman–Crippen MR) is 63.5 cm³/mol. The highest BCUT2D eigenvalue weighted by atomic mass is 35.5. The van der Waals surface area contributed by atoms with Crippen LogP contribution in [0.25, 0.3) is 0 Å². The molecule has 0 radical (unpaired) electrons. The van der Waals surface area contributed by atoms with E-state index in [1.54, 1.807) is 24.4 Å². The number of nitrogens with zero attached hydrogens (tertiary/aromatic N) is 1. The summed E-state index contributed by atoms with van der Waals surface area (Å²) in [5.74, 6) is -0.425. The summed E-state index contributed by atoms with van der Waals surface area (Å²) in [6, 6.07) is 8.21. The maximum absolute atomic E-state index is 13.2. The minimum Gasteiger partial charge on any atom is -0.259 e. The van der Waals surface area contributed by atoms with E-state index in [4.69, 9.17) is 23.2 Å². The fourth-order valence-corrected chi connectivity index (χ4v) is 1.70. The Bertz CT molecular complexity index is 514. The molecule has 0 aliphatic carbocycles. The number of pyridine rings is 1. The maximum Gasteiger partial charge on any atom is 0.142 e. The van der Waals surface area contributed by atoms with Crippen molar-refractivity contribution in [3.05, 3.63) is 63.6 Å². The van der Waals surface area contributed by atoms with Gasteiger partial charge in [0, 0.05) is 12.6 Å². The molecular weight excluding hydrogens is 248 g/mol. The van der Waals surface area contributed by atoms with Gasteiger partial charge < -0.3 is 0 Å². The molecule has 2 aromatic rings. The molecule has 0 atom stereocenters. The molecular formula is C12H8Cl2FN. The first kappa shape index (κ1) is 11.4. The Morgan fingerprint density at radius 2 is 1.94 bits per heavy atom. The zero-order valence-corrected chi connectivity index (χ0v) is 9.76. The Kier molecular flexibility index (Phi) is 3.42. The predicted octanol–water partition coefficient (Wildman–Crippen LogP) is 4.12. The van der Waals surface area contributed by atoms with Crippen molar-refractivity contribution in [3.8, 4) is 0 Å². The van der Waals surface area contributed by atoms with Gasteiger partial charge in [0.25, 0.3) is 0 Å². The van der Waals surface area contributed by atoms with Gasteiger partial charge in [-0.25, -0.2) is 4.39 Å². The highest BCUT2D eigenvalue weighted by Crippen LogP contribution is 2.20. The lowest BCUT2D eigenvalue weighted by Gasteiger charge is -2.04. The summed E-state index contributed by atoms with van der Waals surface area (Å²) in [7, 11) is 0. The van der Waals surface area contributed by atoms with Gasteiger partial charge in [-0.15, -0.1) is 0 Å². The van der Waals surface area contributed by atoms with Gasteiger partial charge in [-0.3, -0.25) is 4.98 Å². The van der Waals surface area contributed by atoms with Crippen LogP contribution in [0.2, 0.25) is 10.0 Å². The maximum atomic E-state index is 13.2. The standard InChI is InChI=1S/C12H8Cl2FN/c13-9-4-3-8(6-11(9)15)7-12-10(14)2-1-5-16-12/h1-6H,7H2. The highest BCUT2D eigenvalue weighted by Gasteiger charge is 2.05. The molecule has 0 N–H and O–H groups in total. The van der Waals surface area contributed by atoms with Crippen LogP contribution in [0, 0.1) is 5.82 Å². The van der Waals surface area contributed by atoms with Crippen molar-refractivity contribution in [2.24, 2.45) is 0 Å². The molecule has 0 fully saturated rings. The molecule has 0 saturated heterocycles. The van der Waals surface area contributed by atoms with Crippen LogP contribution in [-0.4, -0.2) is 4.98 Å². The first-order valence-corrected chi connectivity index (χ1v) is 5.46. The molecule has 2 rings (SSSR count). The van der Waals surface area contributed by atoms with Crippen molar-refractivity contribution >= 4 is 23.2 Å². The van der Waals surface area contributed by atoms with Crippen LogP contribution in [0.1, 0.15) is 11.3 Å². The third kappa shape index (κ3) is 2.52. The topological polar surface area (TPSA) is 12.9 Å². The molecule has 82 valence electrons. The molecule has 16 heavy (non-hydrogen) atoms. The van der Waals surface area contributed by atoms with Crippen LogP contribution < -0.4 is 0 Å². The fraction of sp³-hybridized carbons (Fsp3) is 0.0833. The van der Waals surface area contributed by atoms with E-state index in [9.17, 15) is 4.39 Å². The fourth-order valence-electron chi connectivity index (χ4n) is 1.39. The number of hydrogen-bond donors (Lipinski definition) is 0. The van der Waals surface area contributed by atoms with Crippen LogP contribution >= 0.6 is 23.2 Å². The second kappa shape index (κ2) is 4.81. The van der Waals surface area contributed by atoms with E-state index >= 15 is 0 Å². The minimum absolute atomic E-state index is 0.121. The zero-order chi connectivity index (χ0) is 11.5. The van der Waals surface area contributed by atoms with Gasteiger partial charge >= 0.3 is 0 Å². The zero-order valence-electron chi connectivity index (χ0n) is 8.25. The summed E-state index contributed by atoms with van der Waals surface area (Å²) in [5.41, 5.74) is 1.52. The number of rotatable bonds is 2. The van der Waals surface area contributed by atoms with E-state index in [2.05, 4.69) is 4.98 Å². The molecule has 0 spiro atoms. The Hall–Kier alpha value is -1.12. The van der Waals surface area contributed by atoms with E-state index in [-0.39, 0.29) is 5.02 Å². The average molecular weight is 256 g/mol. The lowest BCUT2D eigenvalue weighted by Crippen LogP contribution is -1.93. The largest absolute Gasteiger partial charge is 0.259 e. The summed E-state index contributed by atoms with van der Waals surface area (Å²) < 4.78 is 13.2. The lowest BCUT2D eigenvalue weighted by atomic mass is 10.1. The Labute approximate surface area is 103 Å². The van der Waals surface area contributed by atoms with E-state index in [1.807, 2.05) is 0 Å². The summed E-state index contributed by atoms with van der Waals surface area (Å²) >= 11 is 11.6. The number of halogens is 3. The van der Waals surface area contributed by atoms with Gasteiger partial charge in [-0.2, -0.15) is 0 Å². The summed E-state index contributed by atoms with van der Waals surface area (Å²) in [5, 5.41) is 0.703. The monoisotopic (exact) mass is 255 g/mol. The van der Waals surface area contributed by atoms with Gasteiger partial charge in [-0.1, -0.05) is 29.3 Å². The smallest absolute Gasteiger partial charge is 0.142 e. The molecule has 1 aromatic heterocycles. The van der Waals surface area contributed by atoms with Crippen LogP contribution in [0.15, 0.2) is 36.5 Å². The van der Waals surface area contributed by atoms with Crippen molar-refractivity contribution in [2.45, 2.75) is 6.42 Å². The first-order valence-electron chi connectivity index (χ1n) is 4.70. The molecule has 0 amide bonds. The molecule has 0 aliphatic heterocycles. The molecule has 1 heterocycles. The van der Waals surface area contributed by atoms with E-state index in [0.717, 1.165) is 11.3 Å². The first-order chi connectivity index (χ1) is 7.66. The normalized spacial score (nSPS) is 10.4. The van der Waals surface area contributed by atoms with Crippen molar-refractivity contribution in [3.63, 3.8) is 0 Å². The SMILES string of the molecule is Fc1cc(Cc2ncccc2Cl)ccc1Cl. The highest BCUT2D eigenvalue weighted by molar-refractivity contribution is 6.31. The molecule has 0 aliphatic rings. The molecule has 1 nitrogen and oxygen atoms in total. The van der Waals surface area contributed by atoms with Gasteiger partial charge in [0.05, 0.1) is 15.7 Å². The average Bonchev–Trinajstić information content (AvgIpc) is 2.27. The third-order valence-electron chi connectivity index (χ3n) is 2.19. The molecule has 0 saturated carbocycles. The van der Waals surface area contributed by atoms with Crippen LogP contribution in [0.4, 0.5) is 4.39 Å². The van der Waals surface area contributed by atoms with Gasteiger partial charge in [-0.05, 0) is 29.8 Å². The van der Waals surface area contributed by atoms with Crippen LogP contribution in [0.5, 0.6) is 0 Å². The molecule has 0 unspecified atom stereocenters. The Morgan fingerprint density at radius 1 is 1.12 bits per heavy atom. The van der Waals surface area contributed by atoms with E-state index in [1.165, 1.54) is 12.1 Å². The van der Waals surface area contributed by atoms with Crippen molar-refractivity contribution in [1.29, 1.82) is 0 Å². The van der Waals surface area contributed by atoms with Crippen LogP contribution in [-0.2, 0) is 6.42 Å².